The molecule has 24 heavy (non-hydrogen) atoms. The number of halogens is 1. The van der Waals surface area contributed by atoms with Crippen LogP contribution < -0.4 is 14.8 Å². The monoisotopic (exact) mass is 331 g/mol. The Bertz CT molecular complexity index is 643. The zero-order chi connectivity index (χ0) is 17.2. The van der Waals surface area contributed by atoms with Crippen molar-refractivity contribution < 1.29 is 18.7 Å². The summed E-state index contributed by atoms with van der Waals surface area (Å²) in [6.07, 6.45) is 3.30. The summed E-state index contributed by atoms with van der Waals surface area (Å²) in [5, 5.41) is 2.64. The van der Waals surface area contributed by atoms with Crippen molar-refractivity contribution in [3.63, 3.8) is 0 Å². The van der Waals surface area contributed by atoms with E-state index in [9.17, 15) is 9.18 Å². The fraction of sp³-hybridized carbons (Fsp3) is 0.316. The van der Waals surface area contributed by atoms with Gasteiger partial charge in [-0.3, -0.25) is 4.79 Å². The molecule has 0 heterocycles. The number of unbranched alkanes of at least 4 members (excludes halogenated alkanes) is 2. The number of rotatable bonds is 9. The maximum atomic E-state index is 12.8. The van der Waals surface area contributed by atoms with Crippen LogP contribution in [-0.4, -0.2) is 19.1 Å². The number of anilines is 1. The smallest absolute Gasteiger partial charge is 0.262 e. The molecule has 0 bridgehead atoms. The van der Waals surface area contributed by atoms with E-state index in [1.165, 1.54) is 24.3 Å². The average molecular weight is 331 g/mol. The topological polar surface area (TPSA) is 47.6 Å². The highest BCUT2D eigenvalue weighted by atomic mass is 19.1. The van der Waals surface area contributed by atoms with Crippen LogP contribution in [0.5, 0.6) is 11.5 Å². The van der Waals surface area contributed by atoms with Crippen LogP contribution in [0, 0.1) is 5.82 Å². The van der Waals surface area contributed by atoms with Crippen LogP contribution >= 0.6 is 0 Å². The van der Waals surface area contributed by atoms with E-state index in [1.54, 1.807) is 12.1 Å². The first-order chi connectivity index (χ1) is 11.7. The van der Waals surface area contributed by atoms with Crippen LogP contribution in [0.15, 0.2) is 48.5 Å². The van der Waals surface area contributed by atoms with Gasteiger partial charge >= 0.3 is 0 Å². The van der Waals surface area contributed by atoms with Crippen LogP contribution in [-0.2, 0) is 4.79 Å². The van der Waals surface area contributed by atoms with Crippen LogP contribution in [0.25, 0.3) is 0 Å². The molecule has 0 radical (unpaired) electrons. The lowest BCUT2D eigenvalue weighted by Crippen LogP contribution is -2.20. The van der Waals surface area contributed by atoms with Gasteiger partial charge in [-0.15, -0.1) is 0 Å². The molecular weight excluding hydrogens is 309 g/mol. The van der Waals surface area contributed by atoms with Crippen molar-refractivity contribution >= 4 is 11.6 Å². The minimum absolute atomic E-state index is 0.128. The highest BCUT2D eigenvalue weighted by Gasteiger charge is 2.05. The summed E-state index contributed by atoms with van der Waals surface area (Å²) < 4.78 is 23.9. The van der Waals surface area contributed by atoms with Crippen LogP contribution in [0.2, 0.25) is 0 Å². The summed E-state index contributed by atoms with van der Waals surface area (Å²) in [4.78, 5) is 11.8. The van der Waals surface area contributed by atoms with E-state index in [2.05, 4.69) is 12.2 Å². The Kier molecular flexibility index (Phi) is 7.08. The molecular formula is C19H22FNO3. The number of hydrogen-bond acceptors (Lipinski definition) is 3. The minimum atomic E-state index is -0.347. The maximum Gasteiger partial charge on any atom is 0.262 e. The van der Waals surface area contributed by atoms with Gasteiger partial charge in [-0.1, -0.05) is 25.8 Å². The Labute approximate surface area is 141 Å². The summed E-state index contributed by atoms with van der Waals surface area (Å²) in [5.41, 5.74) is 0.526. The molecule has 0 saturated carbocycles. The van der Waals surface area contributed by atoms with E-state index in [0.29, 0.717) is 18.0 Å². The van der Waals surface area contributed by atoms with Crippen molar-refractivity contribution in [2.24, 2.45) is 0 Å². The third-order valence-electron chi connectivity index (χ3n) is 3.32. The molecule has 4 nitrogen and oxygen atoms in total. The Hall–Kier alpha value is -2.56. The third-order valence-corrected chi connectivity index (χ3v) is 3.32. The Morgan fingerprint density at radius 1 is 1.04 bits per heavy atom. The molecule has 2 aromatic rings. The van der Waals surface area contributed by atoms with Gasteiger partial charge in [0, 0.05) is 11.8 Å². The molecule has 128 valence electrons. The first-order valence-corrected chi connectivity index (χ1v) is 8.08. The second-order valence-electron chi connectivity index (χ2n) is 5.37. The molecule has 0 atom stereocenters. The second-order valence-corrected chi connectivity index (χ2v) is 5.37. The van der Waals surface area contributed by atoms with Crippen molar-refractivity contribution in [1.82, 2.24) is 0 Å². The predicted molar refractivity (Wildman–Crippen MR) is 92.0 cm³/mol. The van der Waals surface area contributed by atoms with E-state index in [-0.39, 0.29) is 18.3 Å². The molecule has 0 saturated heterocycles. The van der Waals surface area contributed by atoms with Gasteiger partial charge in [0.2, 0.25) is 0 Å². The molecule has 0 spiro atoms. The van der Waals surface area contributed by atoms with Crippen LogP contribution in [0.1, 0.15) is 26.2 Å². The Balaban J connectivity index is 1.78. The van der Waals surface area contributed by atoms with Gasteiger partial charge in [0.05, 0.1) is 6.61 Å². The number of amides is 1. The second kappa shape index (κ2) is 9.55. The first-order valence-electron chi connectivity index (χ1n) is 8.08. The summed E-state index contributed by atoms with van der Waals surface area (Å²) in [6, 6.07) is 12.8. The number of benzene rings is 2. The highest BCUT2D eigenvalue weighted by Crippen LogP contribution is 2.20. The molecule has 0 aliphatic heterocycles. The van der Waals surface area contributed by atoms with E-state index in [1.807, 2.05) is 12.1 Å². The number of nitrogens with one attached hydrogen (secondary N) is 1. The normalized spacial score (nSPS) is 10.2. The number of carbonyl (C=O) groups excluding carboxylic acids is 1. The standard InChI is InChI=1S/C19H22FNO3/c1-2-3-4-12-23-17-6-5-7-18(13-17)24-14-19(22)21-16-10-8-15(20)9-11-16/h5-11,13H,2-4,12,14H2,1H3,(H,21,22). The van der Waals surface area contributed by atoms with E-state index < -0.39 is 0 Å². The van der Waals surface area contributed by atoms with Gasteiger partial charge in [0.25, 0.3) is 5.91 Å². The third kappa shape index (κ3) is 6.28. The van der Waals surface area contributed by atoms with Crippen molar-refractivity contribution in [3.8, 4) is 11.5 Å². The summed E-state index contributed by atoms with van der Waals surface area (Å²) in [5.74, 6) is 0.635. The maximum absolute atomic E-state index is 12.8. The number of ether oxygens (including phenoxy) is 2. The van der Waals surface area contributed by atoms with E-state index in [0.717, 1.165) is 25.0 Å². The Morgan fingerprint density at radius 3 is 2.46 bits per heavy atom. The Morgan fingerprint density at radius 2 is 1.75 bits per heavy atom. The molecule has 0 fully saturated rings. The van der Waals surface area contributed by atoms with Gasteiger partial charge in [0.1, 0.15) is 17.3 Å². The van der Waals surface area contributed by atoms with Crippen molar-refractivity contribution in [3.05, 3.63) is 54.3 Å². The lowest BCUT2D eigenvalue weighted by Gasteiger charge is -2.10. The van der Waals surface area contributed by atoms with Gasteiger partial charge in [-0.2, -0.15) is 0 Å². The molecule has 1 amide bonds. The molecule has 2 aromatic carbocycles. The molecule has 5 heteroatoms. The van der Waals surface area contributed by atoms with Gasteiger partial charge < -0.3 is 14.8 Å². The summed E-state index contributed by atoms with van der Waals surface area (Å²) >= 11 is 0. The molecule has 0 unspecified atom stereocenters. The molecule has 0 aromatic heterocycles. The highest BCUT2D eigenvalue weighted by molar-refractivity contribution is 5.91. The molecule has 0 aliphatic rings. The van der Waals surface area contributed by atoms with Crippen molar-refractivity contribution in [1.29, 1.82) is 0 Å². The minimum Gasteiger partial charge on any atom is -0.493 e. The predicted octanol–water partition coefficient (Wildman–Crippen LogP) is 4.41. The fourth-order valence-electron chi connectivity index (χ4n) is 2.08. The van der Waals surface area contributed by atoms with Crippen LogP contribution in [0.3, 0.4) is 0 Å². The molecule has 2 rings (SSSR count). The largest absolute Gasteiger partial charge is 0.493 e. The van der Waals surface area contributed by atoms with Crippen molar-refractivity contribution in [2.75, 3.05) is 18.5 Å². The van der Waals surface area contributed by atoms with E-state index >= 15 is 0 Å². The molecule has 1 N–H and O–H groups in total. The number of carbonyl (C=O) groups is 1. The van der Waals surface area contributed by atoms with Gasteiger partial charge in [-0.25, -0.2) is 4.39 Å². The fourth-order valence-corrected chi connectivity index (χ4v) is 2.08. The van der Waals surface area contributed by atoms with Crippen LogP contribution in [0.4, 0.5) is 10.1 Å². The molecule has 0 aliphatic carbocycles. The van der Waals surface area contributed by atoms with Crippen molar-refractivity contribution in [2.45, 2.75) is 26.2 Å². The summed E-state index contributed by atoms with van der Waals surface area (Å²) in [7, 11) is 0. The lowest BCUT2D eigenvalue weighted by molar-refractivity contribution is -0.118. The SMILES string of the molecule is CCCCCOc1cccc(OCC(=O)Nc2ccc(F)cc2)c1. The van der Waals surface area contributed by atoms with E-state index in [4.69, 9.17) is 9.47 Å². The quantitative estimate of drug-likeness (QED) is 0.692. The zero-order valence-corrected chi connectivity index (χ0v) is 13.8. The summed E-state index contributed by atoms with van der Waals surface area (Å²) in [6.45, 7) is 2.68. The lowest BCUT2D eigenvalue weighted by atomic mass is 10.3. The average Bonchev–Trinajstić information content (AvgIpc) is 2.59. The zero-order valence-electron chi connectivity index (χ0n) is 13.8. The first kappa shape index (κ1) is 17.8. The number of hydrogen-bond donors (Lipinski definition) is 1. The van der Waals surface area contributed by atoms with Gasteiger partial charge in [-0.05, 0) is 42.8 Å². The van der Waals surface area contributed by atoms with Gasteiger partial charge in [0.15, 0.2) is 6.61 Å².